The molecule has 0 spiro atoms. The number of anilines is 1. The smallest absolute Gasteiger partial charge is 0.263 e. The van der Waals surface area contributed by atoms with Gasteiger partial charge in [-0.05, 0) is 13.8 Å². The lowest BCUT2D eigenvalue weighted by Gasteiger charge is -2.27. The Hall–Kier alpha value is -1.95. The summed E-state index contributed by atoms with van der Waals surface area (Å²) in [5, 5.41) is 18.8. The van der Waals surface area contributed by atoms with Gasteiger partial charge in [0.2, 0.25) is 0 Å². The Bertz CT molecular complexity index is 592. The van der Waals surface area contributed by atoms with E-state index >= 15 is 0 Å². The molecule has 2 heterocycles. The lowest BCUT2D eigenvalue weighted by atomic mass is 10.3. The van der Waals surface area contributed by atoms with Gasteiger partial charge >= 0.3 is 0 Å². The van der Waals surface area contributed by atoms with E-state index in [9.17, 15) is 4.79 Å². The van der Waals surface area contributed by atoms with E-state index in [2.05, 4.69) is 25.8 Å². The summed E-state index contributed by atoms with van der Waals surface area (Å²) in [5.41, 5.74) is 1.00. The van der Waals surface area contributed by atoms with Gasteiger partial charge in [-0.1, -0.05) is 0 Å². The summed E-state index contributed by atoms with van der Waals surface area (Å²) in [5.74, 6) is -0.361. The second-order valence-electron chi connectivity index (χ2n) is 5.32. The van der Waals surface area contributed by atoms with Crippen molar-refractivity contribution in [2.75, 3.05) is 44.6 Å². The highest BCUT2D eigenvalue weighted by molar-refractivity contribution is 7.15. The first-order chi connectivity index (χ1) is 11.1. The first-order valence-electron chi connectivity index (χ1n) is 7.62. The predicted octanol–water partition coefficient (Wildman–Crippen LogP) is 0.601. The number of thiazole rings is 1. The van der Waals surface area contributed by atoms with Crippen LogP contribution < -0.4 is 16.0 Å². The van der Waals surface area contributed by atoms with E-state index in [0.717, 1.165) is 43.3 Å². The van der Waals surface area contributed by atoms with E-state index in [1.165, 1.54) is 17.5 Å². The van der Waals surface area contributed by atoms with Crippen LogP contribution in [0.4, 0.5) is 5.13 Å². The topological polar surface area (TPSA) is 93.1 Å². The SMILES string of the molecule is Cc1nc(N/C=C(/C#N)C(=O)NCCN2CCNCC2)sc1C. The van der Waals surface area contributed by atoms with Crippen molar-refractivity contribution >= 4 is 22.4 Å². The molecule has 23 heavy (non-hydrogen) atoms. The number of rotatable bonds is 6. The molecule has 3 N–H and O–H groups in total. The number of hydrogen-bond acceptors (Lipinski definition) is 7. The van der Waals surface area contributed by atoms with Gasteiger partial charge in [0.25, 0.3) is 5.91 Å². The number of carbonyl (C=O) groups is 1. The largest absolute Gasteiger partial charge is 0.350 e. The summed E-state index contributed by atoms with van der Waals surface area (Å²) in [7, 11) is 0. The maximum absolute atomic E-state index is 12.0. The number of aryl methyl sites for hydroxylation is 2. The Kier molecular flexibility index (Phi) is 6.52. The zero-order valence-electron chi connectivity index (χ0n) is 13.5. The molecule has 0 aromatic carbocycles. The van der Waals surface area contributed by atoms with Gasteiger partial charge in [0.15, 0.2) is 5.13 Å². The van der Waals surface area contributed by atoms with E-state index in [0.29, 0.717) is 11.7 Å². The number of piperazine rings is 1. The van der Waals surface area contributed by atoms with Gasteiger partial charge in [0.05, 0.1) is 5.69 Å². The molecular formula is C15H22N6OS. The van der Waals surface area contributed by atoms with Crippen LogP contribution >= 0.6 is 11.3 Å². The van der Waals surface area contributed by atoms with Crippen LogP contribution in [-0.4, -0.2) is 55.1 Å². The standard InChI is InChI=1S/C15H22N6OS/c1-11-12(2)23-15(20-11)19-10-13(9-16)14(22)18-5-8-21-6-3-17-4-7-21/h10,17H,3-8H2,1-2H3,(H,18,22)(H,19,20)/b13-10-. The van der Waals surface area contributed by atoms with Crippen molar-refractivity contribution in [3.8, 4) is 6.07 Å². The summed E-state index contributed by atoms with van der Waals surface area (Å²) < 4.78 is 0. The van der Waals surface area contributed by atoms with E-state index in [1.807, 2.05) is 19.9 Å². The number of amides is 1. The molecule has 7 nitrogen and oxygen atoms in total. The quantitative estimate of drug-likeness (QED) is 0.521. The van der Waals surface area contributed by atoms with Crippen LogP contribution in [0.5, 0.6) is 0 Å². The summed E-state index contributed by atoms with van der Waals surface area (Å²) in [6.45, 7) is 9.17. The monoisotopic (exact) mass is 334 g/mol. The fraction of sp³-hybridized carbons (Fsp3) is 0.533. The first-order valence-corrected chi connectivity index (χ1v) is 8.44. The van der Waals surface area contributed by atoms with Crippen LogP contribution in [0.2, 0.25) is 0 Å². The molecule has 0 unspecified atom stereocenters. The minimum absolute atomic E-state index is 0.0517. The van der Waals surface area contributed by atoms with Crippen molar-refractivity contribution in [1.29, 1.82) is 5.26 Å². The molecule has 1 fully saturated rings. The minimum Gasteiger partial charge on any atom is -0.350 e. The van der Waals surface area contributed by atoms with E-state index in [4.69, 9.17) is 5.26 Å². The molecule has 2 rings (SSSR count). The van der Waals surface area contributed by atoms with Crippen molar-refractivity contribution in [3.63, 3.8) is 0 Å². The molecular weight excluding hydrogens is 312 g/mol. The summed E-state index contributed by atoms with van der Waals surface area (Å²) in [4.78, 5) is 19.7. The summed E-state index contributed by atoms with van der Waals surface area (Å²) in [6, 6.07) is 1.92. The second kappa shape index (κ2) is 8.62. The van der Waals surface area contributed by atoms with Crippen LogP contribution in [-0.2, 0) is 4.79 Å². The third-order valence-corrected chi connectivity index (χ3v) is 4.66. The second-order valence-corrected chi connectivity index (χ2v) is 6.53. The third-order valence-electron chi connectivity index (χ3n) is 3.66. The number of nitrogens with one attached hydrogen (secondary N) is 3. The zero-order chi connectivity index (χ0) is 16.7. The Morgan fingerprint density at radius 3 is 2.83 bits per heavy atom. The summed E-state index contributed by atoms with van der Waals surface area (Å²) >= 11 is 1.49. The van der Waals surface area contributed by atoms with Crippen molar-refractivity contribution in [3.05, 3.63) is 22.3 Å². The number of carbonyl (C=O) groups excluding carboxylic acids is 1. The van der Waals surface area contributed by atoms with Crippen molar-refractivity contribution in [2.45, 2.75) is 13.8 Å². The Balaban J connectivity index is 1.80. The van der Waals surface area contributed by atoms with Gasteiger partial charge in [-0.2, -0.15) is 5.26 Å². The Morgan fingerprint density at radius 1 is 1.48 bits per heavy atom. The average Bonchev–Trinajstić information content (AvgIpc) is 2.87. The number of aromatic nitrogens is 1. The average molecular weight is 334 g/mol. The highest BCUT2D eigenvalue weighted by atomic mass is 32.1. The predicted molar refractivity (Wildman–Crippen MR) is 91.2 cm³/mol. The van der Waals surface area contributed by atoms with Crippen molar-refractivity contribution in [1.82, 2.24) is 20.5 Å². The number of nitrogens with zero attached hydrogens (tertiary/aromatic N) is 3. The van der Waals surface area contributed by atoms with Gasteiger partial charge in [-0.15, -0.1) is 11.3 Å². The molecule has 1 aromatic rings. The fourth-order valence-electron chi connectivity index (χ4n) is 2.17. The maximum Gasteiger partial charge on any atom is 0.263 e. The van der Waals surface area contributed by atoms with Crippen LogP contribution in [0.3, 0.4) is 0 Å². The van der Waals surface area contributed by atoms with Gasteiger partial charge in [-0.25, -0.2) is 4.98 Å². The molecule has 1 amide bonds. The van der Waals surface area contributed by atoms with E-state index < -0.39 is 0 Å². The molecule has 0 aliphatic carbocycles. The molecule has 1 aliphatic heterocycles. The molecule has 0 bridgehead atoms. The Labute approximate surface area is 140 Å². The van der Waals surface area contributed by atoms with Crippen molar-refractivity contribution in [2.24, 2.45) is 0 Å². The fourth-order valence-corrected chi connectivity index (χ4v) is 2.96. The number of nitriles is 1. The number of hydrogen-bond donors (Lipinski definition) is 3. The van der Waals surface area contributed by atoms with Gasteiger partial charge in [-0.3, -0.25) is 9.69 Å². The minimum atomic E-state index is -0.361. The molecule has 1 saturated heterocycles. The highest BCUT2D eigenvalue weighted by Crippen LogP contribution is 2.21. The molecule has 1 aromatic heterocycles. The Morgan fingerprint density at radius 2 is 2.22 bits per heavy atom. The van der Waals surface area contributed by atoms with E-state index in [1.54, 1.807) is 0 Å². The van der Waals surface area contributed by atoms with Crippen molar-refractivity contribution < 1.29 is 4.79 Å². The molecule has 1 aliphatic rings. The van der Waals surface area contributed by atoms with Gasteiger partial charge < -0.3 is 16.0 Å². The molecule has 124 valence electrons. The lowest BCUT2D eigenvalue weighted by Crippen LogP contribution is -2.46. The van der Waals surface area contributed by atoms with Gasteiger partial charge in [0.1, 0.15) is 11.6 Å². The highest BCUT2D eigenvalue weighted by Gasteiger charge is 2.12. The molecule has 0 radical (unpaired) electrons. The van der Waals surface area contributed by atoms with Gasteiger partial charge in [0, 0.05) is 50.3 Å². The third kappa shape index (κ3) is 5.32. The zero-order valence-corrected chi connectivity index (χ0v) is 14.3. The summed E-state index contributed by atoms with van der Waals surface area (Å²) in [6.07, 6.45) is 1.41. The lowest BCUT2D eigenvalue weighted by molar-refractivity contribution is -0.117. The van der Waals surface area contributed by atoms with Crippen LogP contribution in [0, 0.1) is 25.2 Å². The van der Waals surface area contributed by atoms with Crippen LogP contribution in [0.1, 0.15) is 10.6 Å². The van der Waals surface area contributed by atoms with Crippen LogP contribution in [0.15, 0.2) is 11.8 Å². The normalized spacial score (nSPS) is 16.0. The molecule has 0 saturated carbocycles. The van der Waals surface area contributed by atoms with E-state index in [-0.39, 0.29) is 11.5 Å². The molecule has 8 heteroatoms. The maximum atomic E-state index is 12.0. The first kappa shape index (κ1) is 17.4. The van der Waals surface area contributed by atoms with Crippen LogP contribution in [0.25, 0.3) is 0 Å². The molecule has 0 atom stereocenters.